The zero-order valence-electron chi connectivity index (χ0n) is 7.81. The number of nitrogens with two attached hydrogens (primary N) is 1. The van der Waals surface area contributed by atoms with Crippen molar-refractivity contribution in [2.45, 2.75) is 12.0 Å². The second kappa shape index (κ2) is 3.79. The Morgan fingerprint density at radius 1 is 1.29 bits per heavy atom. The summed E-state index contributed by atoms with van der Waals surface area (Å²) in [5, 5.41) is 8.65. The molecule has 3 nitrogen and oxygen atoms in total. The molecular weight excluding hydrogens is 176 g/mol. The number of hydrogen-bond donors (Lipinski definition) is 1. The van der Waals surface area contributed by atoms with Gasteiger partial charge < -0.3 is 10.5 Å². The first-order valence-corrected chi connectivity index (χ1v) is 4.64. The minimum absolute atomic E-state index is 0.0861. The van der Waals surface area contributed by atoms with Gasteiger partial charge in [0.15, 0.2) is 0 Å². The van der Waals surface area contributed by atoms with Crippen LogP contribution in [0.1, 0.15) is 17.0 Å². The van der Waals surface area contributed by atoms with Gasteiger partial charge in [-0.15, -0.1) is 0 Å². The van der Waals surface area contributed by atoms with Gasteiger partial charge in [0.25, 0.3) is 0 Å². The molecule has 1 aromatic carbocycles. The van der Waals surface area contributed by atoms with Gasteiger partial charge in [-0.25, -0.2) is 0 Å². The van der Waals surface area contributed by atoms with Crippen molar-refractivity contribution in [2.75, 3.05) is 13.2 Å². The molecule has 3 heteroatoms. The lowest BCUT2D eigenvalue weighted by Gasteiger charge is -2.12. The minimum atomic E-state index is 0.0861. The Kier molecular flexibility index (Phi) is 2.49. The smallest absolute Gasteiger partial charge is 0.0991 e. The fourth-order valence-electron chi connectivity index (χ4n) is 1.72. The van der Waals surface area contributed by atoms with Crippen molar-refractivity contribution >= 4 is 0 Å². The molecule has 14 heavy (non-hydrogen) atoms. The van der Waals surface area contributed by atoms with E-state index >= 15 is 0 Å². The Morgan fingerprint density at radius 2 is 2.00 bits per heavy atom. The van der Waals surface area contributed by atoms with Gasteiger partial charge >= 0.3 is 0 Å². The summed E-state index contributed by atoms with van der Waals surface area (Å²) >= 11 is 0. The van der Waals surface area contributed by atoms with Crippen molar-refractivity contribution in [3.8, 4) is 6.07 Å². The Morgan fingerprint density at radius 3 is 2.50 bits per heavy atom. The van der Waals surface area contributed by atoms with Crippen LogP contribution in [0.25, 0.3) is 0 Å². The van der Waals surface area contributed by atoms with E-state index < -0.39 is 0 Å². The minimum Gasteiger partial charge on any atom is -0.379 e. The number of nitriles is 1. The van der Waals surface area contributed by atoms with Crippen LogP contribution in [0.3, 0.4) is 0 Å². The Balaban J connectivity index is 2.21. The molecule has 1 saturated heterocycles. The third-order valence-electron chi connectivity index (χ3n) is 2.59. The SMILES string of the molecule is N#Cc1ccc(C2COCC2N)cc1. The number of ether oxygens (including phenoxy) is 1. The highest BCUT2D eigenvalue weighted by Crippen LogP contribution is 2.24. The highest BCUT2D eigenvalue weighted by molar-refractivity contribution is 5.33. The van der Waals surface area contributed by atoms with E-state index in [4.69, 9.17) is 15.7 Å². The monoisotopic (exact) mass is 188 g/mol. The van der Waals surface area contributed by atoms with Crippen LogP contribution in [-0.2, 0) is 4.74 Å². The number of nitrogens with zero attached hydrogens (tertiary/aromatic N) is 1. The van der Waals surface area contributed by atoms with Crippen molar-refractivity contribution < 1.29 is 4.74 Å². The number of benzene rings is 1. The Labute approximate surface area is 83.1 Å². The topological polar surface area (TPSA) is 59.0 Å². The van der Waals surface area contributed by atoms with Gasteiger partial charge in [-0.3, -0.25) is 0 Å². The Hall–Kier alpha value is -1.37. The molecule has 0 bridgehead atoms. The van der Waals surface area contributed by atoms with E-state index in [-0.39, 0.29) is 12.0 Å². The van der Waals surface area contributed by atoms with Gasteiger partial charge in [0.05, 0.1) is 24.8 Å². The van der Waals surface area contributed by atoms with Crippen LogP contribution < -0.4 is 5.73 Å². The quantitative estimate of drug-likeness (QED) is 0.715. The van der Waals surface area contributed by atoms with Gasteiger partial charge in [0, 0.05) is 12.0 Å². The summed E-state index contributed by atoms with van der Waals surface area (Å²) in [6, 6.07) is 9.73. The van der Waals surface area contributed by atoms with E-state index in [9.17, 15) is 0 Å². The molecule has 1 aliphatic rings. The molecule has 0 spiro atoms. The van der Waals surface area contributed by atoms with E-state index in [2.05, 4.69) is 6.07 Å². The molecular formula is C11H12N2O. The number of hydrogen-bond acceptors (Lipinski definition) is 3. The highest BCUT2D eigenvalue weighted by atomic mass is 16.5. The summed E-state index contributed by atoms with van der Waals surface area (Å²) in [7, 11) is 0. The molecule has 72 valence electrons. The average molecular weight is 188 g/mol. The van der Waals surface area contributed by atoms with Crippen LogP contribution in [0.5, 0.6) is 0 Å². The summed E-state index contributed by atoms with van der Waals surface area (Å²) < 4.78 is 5.29. The van der Waals surface area contributed by atoms with Crippen molar-refractivity contribution in [3.05, 3.63) is 35.4 Å². The molecule has 2 N–H and O–H groups in total. The van der Waals surface area contributed by atoms with Gasteiger partial charge in [0.2, 0.25) is 0 Å². The van der Waals surface area contributed by atoms with E-state index in [1.54, 1.807) is 0 Å². The highest BCUT2D eigenvalue weighted by Gasteiger charge is 2.25. The van der Waals surface area contributed by atoms with Crippen LogP contribution >= 0.6 is 0 Å². The predicted octanol–water partition coefficient (Wildman–Crippen LogP) is 0.999. The molecule has 1 aromatic rings. The van der Waals surface area contributed by atoms with Crippen LogP contribution in [0.2, 0.25) is 0 Å². The lowest BCUT2D eigenvalue weighted by Crippen LogP contribution is -2.26. The standard InChI is InChI=1S/C11H12N2O/c12-5-8-1-3-9(4-2-8)10-6-14-7-11(10)13/h1-4,10-11H,6-7,13H2. The zero-order chi connectivity index (χ0) is 9.97. The first kappa shape index (κ1) is 9.20. The normalized spacial score (nSPS) is 26.0. The second-order valence-corrected chi connectivity index (χ2v) is 3.54. The van der Waals surface area contributed by atoms with Crippen molar-refractivity contribution in [2.24, 2.45) is 5.73 Å². The first-order chi connectivity index (χ1) is 6.81. The third kappa shape index (κ3) is 1.63. The van der Waals surface area contributed by atoms with Crippen LogP contribution in [0.4, 0.5) is 0 Å². The van der Waals surface area contributed by atoms with Gasteiger partial charge in [-0.2, -0.15) is 5.26 Å². The molecule has 0 aromatic heterocycles. The van der Waals surface area contributed by atoms with Crippen molar-refractivity contribution in [1.82, 2.24) is 0 Å². The van der Waals surface area contributed by atoms with Crippen molar-refractivity contribution in [3.63, 3.8) is 0 Å². The number of rotatable bonds is 1. The molecule has 2 rings (SSSR count). The zero-order valence-corrected chi connectivity index (χ0v) is 7.81. The molecule has 2 atom stereocenters. The first-order valence-electron chi connectivity index (χ1n) is 4.64. The molecule has 0 amide bonds. The van der Waals surface area contributed by atoms with Crippen LogP contribution in [0, 0.1) is 11.3 Å². The lowest BCUT2D eigenvalue weighted by atomic mass is 9.94. The van der Waals surface area contributed by atoms with Crippen molar-refractivity contribution in [1.29, 1.82) is 5.26 Å². The Bertz CT molecular complexity index is 353. The molecule has 0 radical (unpaired) electrons. The molecule has 1 heterocycles. The van der Waals surface area contributed by atoms with Gasteiger partial charge in [-0.1, -0.05) is 12.1 Å². The van der Waals surface area contributed by atoms with Gasteiger partial charge in [-0.05, 0) is 17.7 Å². The molecule has 2 unspecified atom stereocenters. The van der Waals surface area contributed by atoms with E-state index in [0.717, 1.165) is 5.56 Å². The predicted molar refractivity (Wildman–Crippen MR) is 52.7 cm³/mol. The fourth-order valence-corrected chi connectivity index (χ4v) is 1.72. The fraction of sp³-hybridized carbons (Fsp3) is 0.364. The summed E-state index contributed by atoms with van der Waals surface area (Å²) in [6.07, 6.45) is 0. The summed E-state index contributed by atoms with van der Waals surface area (Å²) in [5.41, 5.74) is 7.73. The average Bonchev–Trinajstić information content (AvgIpc) is 2.65. The van der Waals surface area contributed by atoms with Crippen LogP contribution in [0.15, 0.2) is 24.3 Å². The maximum atomic E-state index is 8.65. The largest absolute Gasteiger partial charge is 0.379 e. The maximum Gasteiger partial charge on any atom is 0.0991 e. The molecule has 0 aliphatic carbocycles. The lowest BCUT2D eigenvalue weighted by molar-refractivity contribution is 0.191. The summed E-state index contributed by atoms with van der Waals surface area (Å²) in [4.78, 5) is 0. The van der Waals surface area contributed by atoms with E-state index in [1.807, 2.05) is 24.3 Å². The van der Waals surface area contributed by atoms with Gasteiger partial charge in [0.1, 0.15) is 0 Å². The molecule has 1 aliphatic heterocycles. The third-order valence-corrected chi connectivity index (χ3v) is 2.59. The maximum absolute atomic E-state index is 8.65. The molecule has 0 saturated carbocycles. The second-order valence-electron chi connectivity index (χ2n) is 3.54. The summed E-state index contributed by atoms with van der Waals surface area (Å²) in [5.74, 6) is 0.280. The van der Waals surface area contributed by atoms with E-state index in [0.29, 0.717) is 18.8 Å². The summed E-state index contributed by atoms with van der Waals surface area (Å²) in [6.45, 7) is 1.32. The van der Waals surface area contributed by atoms with E-state index in [1.165, 1.54) is 0 Å². The van der Waals surface area contributed by atoms with Crippen LogP contribution in [-0.4, -0.2) is 19.3 Å². The molecule has 1 fully saturated rings.